The largest absolute Gasteiger partial charge is 0.356 e. The van der Waals surface area contributed by atoms with Crippen molar-refractivity contribution in [2.45, 2.75) is 13.0 Å². The van der Waals surface area contributed by atoms with Crippen molar-refractivity contribution in [3.05, 3.63) is 59.3 Å². The summed E-state index contributed by atoms with van der Waals surface area (Å²) in [6, 6.07) is 11.9. The summed E-state index contributed by atoms with van der Waals surface area (Å²) in [5.74, 6) is 1.81. The van der Waals surface area contributed by atoms with Gasteiger partial charge in [0, 0.05) is 77.7 Å². The number of carbonyl (C=O) groups excluding carboxylic acids is 1. The third-order valence-corrected chi connectivity index (χ3v) is 5.63. The van der Waals surface area contributed by atoms with E-state index in [1.54, 1.807) is 26.0 Å². The number of amides is 1. The molecule has 33 heavy (non-hydrogen) atoms. The van der Waals surface area contributed by atoms with Crippen LogP contribution in [0.1, 0.15) is 21.5 Å². The fourth-order valence-corrected chi connectivity index (χ4v) is 3.71. The molecule has 0 radical (unpaired) electrons. The van der Waals surface area contributed by atoms with Gasteiger partial charge in [-0.1, -0.05) is 18.2 Å². The minimum atomic E-state index is 0. The van der Waals surface area contributed by atoms with Crippen LogP contribution in [0.3, 0.4) is 0 Å². The van der Waals surface area contributed by atoms with Crippen molar-refractivity contribution >= 4 is 41.7 Å². The predicted octanol–water partition coefficient (Wildman–Crippen LogP) is 2.06. The summed E-state index contributed by atoms with van der Waals surface area (Å²) in [7, 11) is 7.47. The highest BCUT2D eigenvalue weighted by molar-refractivity contribution is 14.0. The van der Waals surface area contributed by atoms with Crippen LogP contribution in [0.25, 0.3) is 0 Å². The number of piperazine rings is 1. The van der Waals surface area contributed by atoms with E-state index < -0.39 is 0 Å². The molecule has 2 heterocycles. The van der Waals surface area contributed by atoms with Crippen LogP contribution in [0.15, 0.2) is 47.6 Å². The average molecular weight is 566 g/mol. The molecule has 0 atom stereocenters. The number of benzene rings is 1. The Morgan fingerprint density at radius 3 is 2.58 bits per heavy atom. The van der Waals surface area contributed by atoms with E-state index in [0.29, 0.717) is 12.1 Å². The normalized spacial score (nSPS) is 14.4. The highest BCUT2D eigenvalue weighted by atomic mass is 127. The van der Waals surface area contributed by atoms with Crippen molar-refractivity contribution in [1.29, 1.82) is 0 Å². The number of rotatable bonds is 7. The smallest absolute Gasteiger partial charge is 0.253 e. The fraction of sp³-hybridized carbons (Fsp3) is 0.458. The number of hydrogen-bond acceptors (Lipinski definition) is 5. The topological polar surface area (TPSA) is 76.1 Å². The molecule has 180 valence electrons. The minimum Gasteiger partial charge on any atom is -0.356 e. The number of pyridine rings is 1. The van der Waals surface area contributed by atoms with Gasteiger partial charge in [0.1, 0.15) is 5.82 Å². The van der Waals surface area contributed by atoms with Gasteiger partial charge >= 0.3 is 0 Å². The maximum Gasteiger partial charge on any atom is 0.253 e. The minimum absolute atomic E-state index is 0. The van der Waals surface area contributed by atoms with Crippen molar-refractivity contribution in [3.8, 4) is 0 Å². The Balaban J connectivity index is 0.00000385. The number of halogens is 1. The Morgan fingerprint density at radius 2 is 1.88 bits per heavy atom. The van der Waals surface area contributed by atoms with Gasteiger partial charge in [-0.15, -0.1) is 24.0 Å². The molecule has 1 aromatic carbocycles. The van der Waals surface area contributed by atoms with Crippen LogP contribution < -0.4 is 15.5 Å². The third kappa shape index (κ3) is 7.85. The maximum absolute atomic E-state index is 12.2. The SMILES string of the molecule is CN=C(NCCc1cccc(C(=O)N(C)C)c1)NCc1cccnc1N1CCN(C)CC1.I. The summed E-state index contributed by atoms with van der Waals surface area (Å²) in [5.41, 5.74) is 2.99. The maximum atomic E-state index is 12.2. The van der Waals surface area contributed by atoms with E-state index in [-0.39, 0.29) is 29.9 Å². The van der Waals surface area contributed by atoms with Crippen molar-refractivity contribution in [2.24, 2.45) is 4.99 Å². The monoisotopic (exact) mass is 565 g/mol. The van der Waals surface area contributed by atoms with E-state index >= 15 is 0 Å². The Bertz CT molecular complexity index is 927. The fourth-order valence-electron chi connectivity index (χ4n) is 3.71. The van der Waals surface area contributed by atoms with Crippen LogP contribution in [0.5, 0.6) is 0 Å². The Morgan fingerprint density at radius 1 is 1.12 bits per heavy atom. The second-order valence-corrected chi connectivity index (χ2v) is 8.28. The molecule has 0 aliphatic carbocycles. The zero-order valence-electron chi connectivity index (χ0n) is 20.0. The van der Waals surface area contributed by atoms with Gasteiger partial charge in [-0.3, -0.25) is 9.79 Å². The van der Waals surface area contributed by atoms with Crippen LogP contribution >= 0.6 is 24.0 Å². The molecule has 9 heteroatoms. The molecule has 3 rings (SSSR count). The number of aromatic nitrogens is 1. The molecule has 0 unspecified atom stereocenters. The summed E-state index contributed by atoms with van der Waals surface area (Å²) in [5, 5.41) is 6.77. The van der Waals surface area contributed by atoms with Crippen molar-refractivity contribution in [1.82, 2.24) is 25.4 Å². The van der Waals surface area contributed by atoms with E-state index in [1.165, 1.54) is 0 Å². The molecule has 1 aliphatic heterocycles. The molecule has 2 N–H and O–H groups in total. The Kier molecular flexibility index (Phi) is 10.9. The molecular formula is C24H36IN7O. The van der Waals surface area contributed by atoms with E-state index in [1.807, 2.05) is 36.5 Å². The highest BCUT2D eigenvalue weighted by Gasteiger charge is 2.18. The summed E-state index contributed by atoms with van der Waals surface area (Å²) in [6.07, 6.45) is 2.66. The molecule has 1 amide bonds. The second-order valence-electron chi connectivity index (χ2n) is 8.28. The van der Waals surface area contributed by atoms with Crippen molar-refractivity contribution in [3.63, 3.8) is 0 Å². The number of likely N-dealkylation sites (N-methyl/N-ethyl adjacent to an activating group) is 1. The van der Waals surface area contributed by atoms with Crippen LogP contribution in [-0.2, 0) is 13.0 Å². The van der Waals surface area contributed by atoms with E-state index in [0.717, 1.165) is 62.0 Å². The van der Waals surface area contributed by atoms with E-state index in [4.69, 9.17) is 0 Å². The van der Waals surface area contributed by atoms with E-state index in [9.17, 15) is 4.79 Å². The lowest BCUT2D eigenvalue weighted by atomic mass is 10.1. The highest BCUT2D eigenvalue weighted by Crippen LogP contribution is 2.18. The molecule has 2 aromatic rings. The van der Waals surface area contributed by atoms with Gasteiger partial charge in [0.25, 0.3) is 5.91 Å². The molecule has 8 nitrogen and oxygen atoms in total. The van der Waals surface area contributed by atoms with Gasteiger partial charge in [0.15, 0.2) is 5.96 Å². The summed E-state index contributed by atoms with van der Waals surface area (Å²) in [6.45, 7) is 5.45. The van der Waals surface area contributed by atoms with Gasteiger partial charge in [0.2, 0.25) is 0 Å². The lowest BCUT2D eigenvalue weighted by molar-refractivity contribution is 0.0827. The number of guanidine groups is 1. The van der Waals surface area contributed by atoms with Gasteiger partial charge in [0.05, 0.1) is 0 Å². The molecule has 0 saturated carbocycles. The van der Waals surface area contributed by atoms with Crippen molar-refractivity contribution < 1.29 is 4.79 Å². The lowest BCUT2D eigenvalue weighted by Crippen LogP contribution is -2.45. The summed E-state index contributed by atoms with van der Waals surface area (Å²) >= 11 is 0. The van der Waals surface area contributed by atoms with Gasteiger partial charge in [-0.05, 0) is 37.2 Å². The molecular weight excluding hydrogens is 529 g/mol. The number of aliphatic imine (C=N–C) groups is 1. The molecule has 0 spiro atoms. The number of carbonyl (C=O) groups is 1. The number of anilines is 1. The zero-order valence-corrected chi connectivity index (χ0v) is 22.4. The van der Waals surface area contributed by atoms with Gasteiger partial charge in [-0.2, -0.15) is 0 Å². The molecule has 1 aliphatic rings. The zero-order chi connectivity index (χ0) is 22.9. The lowest BCUT2D eigenvalue weighted by Gasteiger charge is -2.34. The predicted molar refractivity (Wildman–Crippen MR) is 146 cm³/mol. The third-order valence-electron chi connectivity index (χ3n) is 5.63. The molecule has 1 saturated heterocycles. The molecule has 1 fully saturated rings. The Labute approximate surface area is 214 Å². The second kappa shape index (κ2) is 13.3. The number of nitrogens with zero attached hydrogens (tertiary/aromatic N) is 5. The first-order valence-electron chi connectivity index (χ1n) is 11.1. The first-order chi connectivity index (χ1) is 15.5. The van der Waals surface area contributed by atoms with Crippen LogP contribution in [0.2, 0.25) is 0 Å². The number of nitrogens with one attached hydrogen (secondary N) is 2. The molecule has 0 bridgehead atoms. The van der Waals surface area contributed by atoms with E-state index in [2.05, 4.69) is 43.5 Å². The first kappa shape index (κ1) is 26.8. The van der Waals surface area contributed by atoms with Crippen LogP contribution in [0.4, 0.5) is 5.82 Å². The van der Waals surface area contributed by atoms with Crippen molar-refractivity contribution in [2.75, 3.05) is 65.8 Å². The Hall–Kier alpha value is -2.40. The quantitative estimate of drug-likeness (QED) is 0.304. The van der Waals surface area contributed by atoms with Crippen LogP contribution in [-0.4, -0.2) is 87.6 Å². The van der Waals surface area contributed by atoms with Crippen LogP contribution in [0, 0.1) is 0 Å². The standard InChI is InChI=1S/C24H35N7O.HI/c1-25-24(27-12-10-19-7-5-8-20(17-19)23(32)29(2)3)28-18-21-9-6-11-26-22(21)31-15-13-30(4)14-16-31;/h5-9,11,17H,10,12-16,18H2,1-4H3,(H2,25,27,28);1H. The van der Waals surface area contributed by atoms with Gasteiger partial charge < -0.3 is 25.3 Å². The van der Waals surface area contributed by atoms with Gasteiger partial charge in [-0.25, -0.2) is 4.98 Å². The molecule has 1 aromatic heterocycles. The first-order valence-corrected chi connectivity index (χ1v) is 11.1. The summed E-state index contributed by atoms with van der Waals surface area (Å²) in [4.78, 5) is 27.5. The number of hydrogen-bond donors (Lipinski definition) is 2. The average Bonchev–Trinajstić information content (AvgIpc) is 2.81. The summed E-state index contributed by atoms with van der Waals surface area (Å²) < 4.78 is 0.